The summed E-state index contributed by atoms with van der Waals surface area (Å²) in [5, 5.41) is 6.65. The van der Waals surface area contributed by atoms with Gasteiger partial charge in [0.05, 0.1) is 11.8 Å². The van der Waals surface area contributed by atoms with Crippen molar-refractivity contribution in [1.29, 1.82) is 0 Å². The van der Waals surface area contributed by atoms with Crippen molar-refractivity contribution < 1.29 is 9.53 Å². The molecule has 94 valence electrons. The van der Waals surface area contributed by atoms with E-state index in [9.17, 15) is 4.79 Å². The van der Waals surface area contributed by atoms with Crippen LogP contribution in [0.3, 0.4) is 0 Å². The molecule has 1 aromatic rings. The van der Waals surface area contributed by atoms with Crippen molar-refractivity contribution in [2.75, 3.05) is 18.5 Å². The van der Waals surface area contributed by atoms with Crippen molar-refractivity contribution in [1.82, 2.24) is 9.78 Å². The van der Waals surface area contributed by atoms with E-state index in [1.165, 1.54) is 10.9 Å². The van der Waals surface area contributed by atoms with Gasteiger partial charge in [0.25, 0.3) is 5.91 Å². The Morgan fingerprint density at radius 3 is 3.00 bits per heavy atom. The second kappa shape index (κ2) is 6.31. The highest BCUT2D eigenvalue weighted by atomic mass is 32.1. The molecule has 0 fully saturated rings. The molecule has 1 heterocycles. The van der Waals surface area contributed by atoms with E-state index in [0.717, 1.165) is 6.42 Å². The van der Waals surface area contributed by atoms with Crippen LogP contribution in [-0.2, 0) is 16.6 Å². The van der Waals surface area contributed by atoms with Gasteiger partial charge < -0.3 is 15.8 Å². The molecule has 0 aliphatic carbocycles. The van der Waals surface area contributed by atoms with Crippen LogP contribution in [0.15, 0.2) is 6.20 Å². The summed E-state index contributed by atoms with van der Waals surface area (Å²) in [6, 6.07) is 0. The summed E-state index contributed by atoms with van der Waals surface area (Å²) >= 11 is 4.86. The number of thiocarbonyl (C=S) groups is 1. The number of hydrogen-bond donors (Lipinski definition) is 2. The van der Waals surface area contributed by atoms with Crippen molar-refractivity contribution in [3.05, 3.63) is 11.8 Å². The number of hydrogen-bond acceptors (Lipinski definition) is 4. The van der Waals surface area contributed by atoms with Crippen LogP contribution in [0.5, 0.6) is 0 Å². The third kappa shape index (κ3) is 3.79. The molecule has 1 rings (SSSR count). The predicted octanol–water partition coefficient (Wildman–Crippen LogP) is 0.419. The Balaban J connectivity index is 2.64. The molecule has 0 unspecified atom stereocenters. The van der Waals surface area contributed by atoms with Gasteiger partial charge >= 0.3 is 0 Å². The molecule has 0 aliphatic rings. The Morgan fingerprint density at radius 2 is 2.41 bits per heavy atom. The van der Waals surface area contributed by atoms with Gasteiger partial charge in [0.15, 0.2) is 0 Å². The van der Waals surface area contributed by atoms with E-state index in [1.54, 1.807) is 7.05 Å². The van der Waals surface area contributed by atoms with E-state index in [-0.39, 0.29) is 17.5 Å². The topological polar surface area (TPSA) is 82.2 Å². The fourth-order valence-corrected chi connectivity index (χ4v) is 1.39. The lowest BCUT2D eigenvalue weighted by molar-refractivity contribution is -0.120. The number of rotatable bonds is 6. The first-order valence-electron chi connectivity index (χ1n) is 5.25. The lowest BCUT2D eigenvalue weighted by Gasteiger charge is -2.07. The van der Waals surface area contributed by atoms with Gasteiger partial charge in [-0.05, 0) is 6.42 Å². The van der Waals surface area contributed by atoms with Gasteiger partial charge in [-0.3, -0.25) is 9.48 Å². The van der Waals surface area contributed by atoms with Gasteiger partial charge in [-0.15, -0.1) is 0 Å². The maximum Gasteiger partial charge on any atom is 0.251 e. The van der Waals surface area contributed by atoms with E-state index in [1.807, 2.05) is 6.92 Å². The van der Waals surface area contributed by atoms with E-state index < -0.39 is 0 Å². The molecule has 0 saturated carbocycles. The first-order chi connectivity index (χ1) is 8.06. The van der Waals surface area contributed by atoms with Gasteiger partial charge in [-0.2, -0.15) is 5.10 Å². The molecule has 1 aromatic heterocycles. The zero-order valence-electron chi connectivity index (χ0n) is 9.90. The summed E-state index contributed by atoms with van der Waals surface area (Å²) in [7, 11) is 1.70. The van der Waals surface area contributed by atoms with Crippen LogP contribution in [0.25, 0.3) is 0 Å². The van der Waals surface area contributed by atoms with Crippen LogP contribution in [0.2, 0.25) is 0 Å². The largest absolute Gasteiger partial charge is 0.389 e. The average molecular weight is 256 g/mol. The van der Waals surface area contributed by atoms with Crippen LogP contribution < -0.4 is 11.1 Å². The SMILES string of the molecule is CCCOCC(=O)Nc1c(C(N)=S)cnn1C. The van der Waals surface area contributed by atoms with Crippen LogP contribution in [0.1, 0.15) is 18.9 Å². The third-order valence-electron chi connectivity index (χ3n) is 2.04. The third-order valence-corrected chi connectivity index (χ3v) is 2.26. The summed E-state index contributed by atoms with van der Waals surface area (Å²) in [4.78, 5) is 11.7. The number of carbonyl (C=O) groups excluding carboxylic acids is 1. The number of ether oxygens (including phenoxy) is 1. The van der Waals surface area contributed by atoms with Crippen molar-refractivity contribution in [2.45, 2.75) is 13.3 Å². The molecule has 6 nitrogen and oxygen atoms in total. The Bertz CT molecular complexity index is 416. The number of carbonyl (C=O) groups is 1. The maximum atomic E-state index is 11.6. The van der Waals surface area contributed by atoms with E-state index in [2.05, 4.69) is 10.4 Å². The first kappa shape index (κ1) is 13.6. The van der Waals surface area contributed by atoms with E-state index >= 15 is 0 Å². The van der Waals surface area contributed by atoms with E-state index in [0.29, 0.717) is 18.0 Å². The van der Waals surface area contributed by atoms with Crippen molar-refractivity contribution in [3.63, 3.8) is 0 Å². The van der Waals surface area contributed by atoms with Crippen molar-refractivity contribution >= 4 is 28.9 Å². The predicted molar refractivity (Wildman–Crippen MR) is 68.8 cm³/mol. The smallest absolute Gasteiger partial charge is 0.251 e. The van der Waals surface area contributed by atoms with Gasteiger partial charge in [-0.25, -0.2) is 0 Å². The molecule has 0 aliphatic heterocycles. The highest BCUT2D eigenvalue weighted by molar-refractivity contribution is 7.80. The molecule has 0 bridgehead atoms. The maximum absolute atomic E-state index is 11.6. The molecule has 0 aromatic carbocycles. The molecule has 7 heteroatoms. The molecule has 1 amide bonds. The van der Waals surface area contributed by atoms with Crippen LogP contribution in [-0.4, -0.2) is 33.9 Å². The number of amides is 1. The van der Waals surface area contributed by atoms with Crippen LogP contribution in [0.4, 0.5) is 5.82 Å². The zero-order chi connectivity index (χ0) is 12.8. The lowest BCUT2D eigenvalue weighted by atomic mass is 10.3. The molecule has 17 heavy (non-hydrogen) atoms. The van der Waals surface area contributed by atoms with Crippen LogP contribution in [0, 0.1) is 0 Å². The summed E-state index contributed by atoms with van der Waals surface area (Å²) in [6.07, 6.45) is 2.39. The Kier molecular flexibility index (Phi) is 5.05. The van der Waals surface area contributed by atoms with Crippen molar-refractivity contribution in [2.24, 2.45) is 12.8 Å². The molecular weight excluding hydrogens is 240 g/mol. The molecule has 0 radical (unpaired) electrons. The normalized spacial score (nSPS) is 10.2. The second-order valence-corrected chi connectivity index (χ2v) is 3.94. The second-order valence-electron chi connectivity index (χ2n) is 3.50. The number of anilines is 1. The van der Waals surface area contributed by atoms with Gasteiger partial charge in [0, 0.05) is 13.7 Å². The number of aryl methyl sites for hydroxylation is 1. The molecule has 0 saturated heterocycles. The monoisotopic (exact) mass is 256 g/mol. The quantitative estimate of drug-likeness (QED) is 0.569. The standard InChI is InChI=1S/C10H16N4O2S/c1-3-4-16-6-8(15)13-10-7(9(11)17)5-12-14(10)2/h5H,3-4,6H2,1-2H3,(H2,11,17)(H,13,15). The highest BCUT2D eigenvalue weighted by Crippen LogP contribution is 2.13. The minimum atomic E-state index is -0.250. The van der Waals surface area contributed by atoms with Crippen LogP contribution >= 0.6 is 12.2 Å². The lowest BCUT2D eigenvalue weighted by Crippen LogP contribution is -2.22. The Morgan fingerprint density at radius 1 is 1.71 bits per heavy atom. The zero-order valence-corrected chi connectivity index (χ0v) is 10.7. The van der Waals surface area contributed by atoms with Gasteiger partial charge in [0.2, 0.25) is 0 Å². The fourth-order valence-electron chi connectivity index (χ4n) is 1.24. The summed E-state index contributed by atoms with van der Waals surface area (Å²) in [5.74, 6) is 0.238. The number of nitrogens with one attached hydrogen (secondary N) is 1. The van der Waals surface area contributed by atoms with Gasteiger partial charge in [-0.1, -0.05) is 19.1 Å². The summed E-state index contributed by atoms with van der Waals surface area (Å²) in [5.41, 5.74) is 6.07. The Hall–Kier alpha value is -1.47. The Labute approximate surface area is 105 Å². The average Bonchev–Trinajstić information content (AvgIpc) is 2.61. The van der Waals surface area contributed by atoms with E-state index in [4.69, 9.17) is 22.7 Å². The van der Waals surface area contributed by atoms with Gasteiger partial charge in [0.1, 0.15) is 17.4 Å². The first-order valence-corrected chi connectivity index (χ1v) is 5.66. The van der Waals surface area contributed by atoms with Crippen molar-refractivity contribution in [3.8, 4) is 0 Å². The minimum absolute atomic E-state index is 0.00972. The molecular formula is C10H16N4O2S. The minimum Gasteiger partial charge on any atom is -0.389 e. The highest BCUT2D eigenvalue weighted by Gasteiger charge is 2.13. The fraction of sp³-hybridized carbons (Fsp3) is 0.500. The summed E-state index contributed by atoms with van der Waals surface area (Å²) in [6.45, 7) is 2.54. The number of aromatic nitrogens is 2. The summed E-state index contributed by atoms with van der Waals surface area (Å²) < 4.78 is 6.63. The molecule has 0 atom stereocenters. The number of nitrogens with zero attached hydrogens (tertiary/aromatic N) is 2. The molecule has 3 N–H and O–H groups in total. The number of nitrogens with two attached hydrogens (primary N) is 1. The molecule has 0 spiro atoms.